The maximum atomic E-state index is 2.68. The standard InChI is InChI=1S/C10H20N2/c1-8(2)5-12-7-9-4-10(12)6-11(9)3/h8-10H,4-7H2,1-3H3/t9-,10?/m0/s1. The number of hydrogen-bond acceptors (Lipinski definition) is 2. The van der Waals surface area contributed by atoms with Gasteiger partial charge in [0.15, 0.2) is 0 Å². The second-order valence-electron chi connectivity index (χ2n) is 4.83. The Kier molecular flexibility index (Phi) is 2.13. The molecule has 2 rings (SSSR count). The van der Waals surface area contributed by atoms with Crippen LogP contribution < -0.4 is 0 Å². The van der Waals surface area contributed by atoms with Gasteiger partial charge < -0.3 is 4.90 Å². The zero-order chi connectivity index (χ0) is 8.72. The number of likely N-dealkylation sites (tertiary alicyclic amines) is 2. The molecule has 0 spiro atoms. The van der Waals surface area contributed by atoms with Gasteiger partial charge in [-0.1, -0.05) is 13.8 Å². The normalized spacial score (nSPS) is 37.0. The predicted molar refractivity (Wildman–Crippen MR) is 51.2 cm³/mol. The van der Waals surface area contributed by atoms with E-state index in [0.717, 1.165) is 18.0 Å². The minimum absolute atomic E-state index is 0.828. The fraction of sp³-hybridized carbons (Fsp3) is 1.00. The number of nitrogens with zero attached hydrogens (tertiary/aromatic N) is 2. The third-order valence-corrected chi connectivity index (χ3v) is 3.23. The van der Waals surface area contributed by atoms with Crippen molar-refractivity contribution in [3.8, 4) is 0 Å². The summed E-state index contributed by atoms with van der Waals surface area (Å²) >= 11 is 0. The van der Waals surface area contributed by atoms with E-state index >= 15 is 0 Å². The average Bonchev–Trinajstić information content (AvgIpc) is 2.44. The molecule has 0 aromatic carbocycles. The highest BCUT2D eigenvalue weighted by Gasteiger charge is 2.40. The number of likely N-dealkylation sites (N-methyl/N-ethyl adjacent to an activating group) is 1. The minimum Gasteiger partial charge on any atom is -0.301 e. The lowest BCUT2D eigenvalue weighted by molar-refractivity contribution is 0.137. The first-order valence-corrected chi connectivity index (χ1v) is 5.11. The third kappa shape index (κ3) is 1.38. The van der Waals surface area contributed by atoms with Crippen molar-refractivity contribution < 1.29 is 0 Å². The van der Waals surface area contributed by atoms with Gasteiger partial charge in [-0.15, -0.1) is 0 Å². The largest absolute Gasteiger partial charge is 0.301 e. The van der Waals surface area contributed by atoms with Crippen LogP contribution in [0.25, 0.3) is 0 Å². The number of fused-ring (bicyclic) bond motifs is 2. The van der Waals surface area contributed by atoms with Crippen LogP contribution in [0.15, 0.2) is 0 Å². The molecule has 0 N–H and O–H groups in total. The van der Waals surface area contributed by atoms with Crippen LogP contribution in [0.2, 0.25) is 0 Å². The van der Waals surface area contributed by atoms with E-state index in [0.29, 0.717) is 0 Å². The van der Waals surface area contributed by atoms with Crippen molar-refractivity contribution in [2.45, 2.75) is 32.4 Å². The second kappa shape index (κ2) is 3.00. The van der Waals surface area contributed by atoms with Crippen LogP contribution in [0.3, 0.4) is 0 Å². The monoisotopic (exact) mass is 168 g/mol. The molecule has 0 saturated carbocycles. The fourth-order valence-electron chi connectivity index (χ4n) is 2.64. The summed E-state index contributed by atoms with van der Waals surface area (Å²) in [4.78, 5) is 5.19. The summed E-state index contributed by atoms with van der Waals surface area (Å²) in [5.74, 6) is 0.828. The Balaban J connectivity index is 1.90. The molecule has 12 heavy (non-hydrogen) atoms. The van der Waals surface area contributed by atoms with E-state index in [-0.39, 0.29) is 0 Å². The van der Waals surface area contributed by atoms with E-state index in [1.165, 1.54) is 26.1 Å². The smallest absolute Gasteiger partial charge is 0.0239 e. The molecule has 1 unspecified atom stereocenters. The van der Waals surface area contributed by atoms with E-state index in [9.17, 15) is 0 Å². The Morgan fingerprint density at radius 2 is 2.00 bits per heavy atom. The lowest BCUT2D eigenvalue weighted by atomic mass is 10.2. The molecular weight excluding hydrogens is 148 g/mol. The van der Waals surface area contributed by atoms with Crippen molar-refractivity contribution in [3.05, 3.63) is 0 Å². The van der Waals surface area contributed by atoms with Gasteiger partial charge in [0.25, 0.3) is 0 Å². The van der Waals surface area contributed by atoms with E-state index in [1.54, 1.807) is 0 Å². The van der Waals surface area contributed by atoms with Gasteiger partial charge in [0.1, 0.15) is 0 Å². The molecule has 2 saturated heterocycles. The lowest BCUT2D eigenvalue weighted by Crippen LogP contribution is -2.45. The zero-order valence-electron chi connectivity index (χ0n) is 8.45. The molecule has 2 aliphatic heterocycles. The molecule has 0 amide bonds. The molecule has 0 radical (unpaired) electrons. The maximum absolute atomic E-state index is 2.68. The van der Waals surface area contributed by atoms with Crippen LogP contribution in [0, 0.1) is 5.92 Å². The molecule has 2 aliphatic rings. The van der Waals surface area contributed by atoms with Crippen molar-refractivity contribution in [1.29, 1.82) is 0 Å². The molecule has 2 bridgehead atoms. The fourth-order valence-corrected chi connectivity index (χ4v) is 2.64. The van der Waals surface area contributed by atoms with Crippen LogP contribution in [0.4, 0.5) is 0 Å². The van der Waals surface area contributed by atoms with Crippen LogP contribution in [-0.4, -0.2) is 48.6 Å². The first kappa shape index (κ1) is 8.52. The Labute approximate surface area is 75.5 Å². The van der Waals surface area contributed by atoms with Gasteiger partial charge >= 0.3 is 0 Å². The van der Waals surface area contributed by atoms with Crippen molar-refractivity contribution in [2.24, 2.45) is 5.92 Å². The van der Waals surface area contributed by atoms with Crippen molar-refractivity contribution >= 4 is 0 Å². The molecule has 0 aromatic heterocycles. The minimum atomic E-state index is 0.828. The molecule has 0 aromatic rings. The highest BCUT2D eigenvalue weighted by Crippen LogP contribution is 2.29. The quantitative estimate of drug-likeness (QED) is 0.607. The lowest BCUT2D eigenvalue weighted by Gasteiger charge is -2.32. The highest BCUT2D eigenvalue weighted by atomic mass is 15.3. The molecule has 0 aliphatic carbocycles. The summed E-state index contributed by atoms with van der Waals surface area (Å²) in [7, 11) is 2.26. The number of piperazine rings is 1. The summed E-state index contributed by atoms with van der Waals surface area (Å²) < 4.78 is 0. The zero-order valence-corrected chi connectivity index (χ0v) is 8.45. The van der Waals surface area contributed by atoms with Crippen molar-refractivity contribution in [3.63, 3.8) is 0 Å². The van der Waals surface area contributed by atoms with Crippen LogP contribution >= 0.6 is 0 Å². The number of rotatable bonds is 2. The molecule has 2 nitrogen and oxygen atoms in total. The summed E-state index contributed by atoms with van der Waals surface area (Å²) in [5, 5.41) is 0. The topological polar surface area (TPSA) is 6.48 Å². The summed E-state index contributed by atoms with van der Waals surface area (Å²) in [6.07, 6.45) is 1.42. The van der Waals surface area contributed by atoms with Gasteiger partial charge in [-0.3, -0.25) is 4.90 Å². The van der Waals surface area contributed by atoms with E-state index in [2.05, 4.69) is 30.7 Å². The van der Waals surface area contributed by atoms with Crippen molar-refractivity contribution in [1.82, 2.24) is 9.80 Å². The molecular formula is C10H20N2. The maximum Gasteiger partial charge on any atom is 0.0239 e. The van der Waals surface area contributed by atoms with E-state index in [1.807, 2.05) is 0 Å². The summed E-state index contributed by atoms with van der Waals surface area (Å²) in [6, 6.07) is 1.75. The SMILES string of the molecule is CC(C)CN1C[C@@H]2CC1CN2C. The Morgan fingerprint density at radius 1 is 1.25 bits per heavy atom. The molecule has 70 valence electrons. The van der Waals surface area contributed by atoms with Gasteiger partial charge in [-0.2, -0.15) is 0 Å². The third-order valence-electron chi connectivity index (χ3n) is 3.23. The van der Waals surface area contributed by atoms with Gasteiger partial charge in [-0.05, 0) is 19.4 Å². The Hall–Kier alpha value is -0.0800. The number of hydrogen-bond donors (Lipinski definition) is 0. The van der Waals surface area contributed by atoms with E-state index < -0.39 is 0 Å². The van der Waals surface area contributed by atoms with Crippen LogP contribution in [-0.2, 0) is 0 Å². The first-order valence-electron chi connectivity index (χ1n) is 5.11. The molecule has 2 atom stereocenters. The van der Waals surface area contributed by atoms with E-state index in [4.69, 9.17) is 0 Å². The summed E-state index contributed by atoms with van der Waals surface area (Å²) in [5.41, 5.74) is 0. The van der Waals surface area contributed by atoms with Gasteiger partial charge in [-0.25, -0.2) is 0 Å². The predicted octanol–water partition coefficient (Wildman–Crippen LogP) is 1.03. The average molecular weight is 168 g/mol. The second-order valence-corrected chi connectivity index (χ2v) is 4.83. The Morgan fingerprint density at radius 3 is 2.42 bits per heavy atom. The highest BCUT2D eigenvalue weighted by molar-refractivity contribution is 4.98. The van der Waals surface area contributed by atoms with Gasteiger partial charge in [0, 0.05) is 31.7 Å². The molecule has 2 fully saturated rings. The van der Waals surface area contributed by atoms with Gasteiger partial charge in [0.2, 0.25) is 0 Å². The van der Waals surface area contributed by atoms with Crippen LogP contribution in [0.5, 0.6) is 0 Å². The van der Waals surface area contributed by atoms with Crippen molar-refractivity contribution in [2.75, 3.05) is 26.7 Å². The summed E-state index contributed by atoms with van der Waals surface area (Å²) in [6.45, 7) is 8.55. The Bertz CT molecular complexity index is 165. The molecule has 2 heterocycles. The molecule has 2 heteroatoms. The van der Waals surface area contributed by atoms with Gasteiger partial charge in [0.05, 0.1) is 0 Å². The van der Waals surface area contributed by atoms with Crippen LogP contribution in [0.1, 0.15) is 20.3 Å². The first-order chi connectivity index (χ1) is 5.66.